The molecule has 0 aliphatic rings. The van der Waals surface area contributed by atoms with Gasteiger partial charge in [-0.2, -0.15) is 0 Å². The van der Waals surface area contributed by atoms with Crippen LogP contribution in [0.1, 0.15) is 18.9 Å². The maximum absolute atomic E-state index is 12.0. The van der Waals surface area contributed by atoms with Crippen LogP contribution in [0.2, 0.25) is 5.02 Å². The molecule has 1 aromatic carbocycles. The maximum Gasteiger partial charge on any atom is 0.306 e. The highest BCUT2D eigenvalue weighted by Crippen LogP contribution is 2.23. The second-order valence-electron chi connectivity index (χ2n) is 3.85. The number of ether oxygens (including phenoxy) is 1. The third-order valence-corrected chi connectivity index (χ3v) is 4.95. The third-order valence-electron chi connectivity index (χ3n) is 2.44. The first-order chi connectivity index (χ1) is 8.43. The van der Waals surface area contributed by atoms with E-state index in [1.807, 2.05) is 12.1 Å². The summed E-state index contributed by atoms with van der Waals surface area (Å²) in [5, 5.41) is 0.320. The number of rotatable bonds is 5. The Balaban J connectivity index is 2.66. The molecule has 0 saturated heterocycles. The van der Waals surface area contributed by atoms with Gasteiger partial charge in [0.15, 0.2) is 0 Å². The smallest absolute Gasteiger partial charge is 0.306 e. The Kier molecular flexibility index (Phi) is 6.32. The van der Waals surface area contributed by atoms with Crippen molar-refractivity contribution >= 4 is 44.3 Å². The summed E-state index contributed by atoms with van der Waals surface area (Å²) in [5.74, 6) is -0.0117. The molecule has 0 spiro atoms. The summed E-state index contributed by atoms with van der Waals surface area (Å²) in [6, 6.07) is 5.44. The molecule has 6 heteroatoms. The van der Waals surface area contributed by atoms with E-state index in [-0.39, 0.29) is 17.6 Å². The van der Waals surface area contributed by atoms with Crippen LogP contribution in [0.4, 0.5) is 0 Å². The van der Waals surface area contributed by atoms with Gasteiger partial charge in [0, 0.05) is 25.5 Å². The van der Waals surface area contributed by atoms with Crippen LogP contribution in [0, 0.1) is 0 Å². The maximum atomic E-state index is 12.0. The van der Waals surface area contributed by atoms with Crippen LogP contribution in [0.3, 0.4) is 0 Å². The number of benzene rings is 1. The molecule has 0 heterocycles. The molecular formula is C12H14BrClO3S. The van der Waals surface area contributed by atoms with Crippen molar-refractivity contribution in [2.45, 2.75) is 24.3 Å². The second-order valence-corrected chi connectivity index (χ2v) is 7.03. The fraction of sp³-hybridized carbons (Fsp3) is 0.417. The number of carbonyl (C=O) groups excluding carboxylic acids is 1. The Labute approximate surface area is 122 Å². The van der Waals surface area contributed by atoms with Crippen LogP contribution in [0.25, 0.3) is 0 Å². The summed E-state index contributed by atoms with van der Waals surface area (Å²) in [6.07, 6.45) is 0.150. The number of hydrogen-bond acceptors (Lipinski definition) is 3. The highest BCUT2D eigenvalue weighted by atomic mass is 79.9. The topological polar surface area (TPSA) is 43.4 Å². The summed E-state index contributed by atoms with van der Waals surface area (Å²) in [6.45, 7) is 1.76. The van der Waals surface area contributed by atoms with Crippen LogP contribution in [0.5, 0.6) is 0 Å². The SMILES string of the molecule is COC(=O)CC(C)S(=O)Cc1ccc(Br)cc1Cl. The van der Waals surface area contributed by atoms with Crippen LogP contribution in [-0.4, -0.2) is 22.5 Å². The van der Waals surface area contributed by atoms with Crippen molar-refractivity contribution in [3.05, 3.63) is 33.3 Å². The van der Waals surface area contributed by atoms with Gasteiger partial charge in [0.05, 0.1) is 19.3 Å². The molecule has 100 valence electrons. The zero-order valence-electron chi connectivity index (χ0n) is 10.1. The van der Waals surface area contributed by atoms with Crippen LogP contribution >= 0.6 is 27.5 Å². The minimum atomic E-state index is -1.16. The summed E-state index contributed by atoms with van der Waals surface area (Å²) in [4.78, 5) is 11.1. The Hall–Kier alpha value is -0.390. The molecule has 3 nitrogen and oxygen atoms in total. The van der Waals surface area contributed by atoms with E-state index >= 15 is 0 Å². The molecule has 0 fully saturated rings. The van der Waals surface area contributed by atoms with Crippen molar-refractivity contribution in [3.8, 4) is 0 Å². The fourth-order valence-corrected chi connectivity index (χ4v) is 3.33. The lowest BCUT2D eigenvalue weighted by atomic mass is 10.2. The van der Waals surface area contributed by atoms with Crippen LogP contribution in [-0.2, 0) is 26.1 Å². The second kappa shape index (κ2) is 7.26. The van der Waals surface area contributed by atoms with E-state index in [1.54, 1.807) is 13.0 Å². The molecule has 2 unspecified atom stereocenters. The Bertz CT molecular complexity index is 465. The number of halogens is 2. The largest absolute Gasteiger partial charge is 0.469 e. The van der Waals surface area contributed by atoms with E-state index in [0.29, 0.717) is 10.8 Å². The first kappa shape index (κ1) is 15.7. The molecule has 0 aliphatic carbocycles. The molecule has 1 rings (SSSR count). The summed E-state index contributed by atoms with van der Waals surface area (Å²) in [5.41, 5.74) is 0.815. The highest BCUT2D eigenvalue weighted by Gasteiger charge is 2.17. The van der Waals surface area contributed by atoms with Gasteiger partial charge in [-0.15, -0.1) is 0 Å². The van der Waals surface area contributed by atoms with Crippen LogP contribution in [0.15, 0.2) is 22.7 Å². The van der Waals surface area contributed by atoms with Crippen molar-refractivity contribution in [2.75, 3.05) is 7.11 Å². The number of methoxy groups -OCH3 is 1. The zero-order chi connectivity index (χ0) is 13.7. The fourth-order valence-electron chi connectivity index (χ4n) is 1.35. The molecule has 0 aromatic heterocycles. The molecule has 0 N–H and O–H groups in total. The standard InChI is InChI=1S/C12H14BrClO3S/c1-8(5-12(15)17-2)18(16)7-9-3-4-10(13)6-11(9)14/h3-4,6,8H,5,7H2,1-2H3. The van der Waals surface area contributed by atoms with Crippen molar-refractivity contribution < 1.29 is 13.7 Å². The predicted octanol–water partition coefficient (Wildman–Crippen LogP) is 3.30. The first-order valence-electron chi connectivity index (χ1n) is 5.32. The zero-order valence-corrected chi connectivity index (χ0v) is 13.3. The van der Waals surface area contributed by atoms with Crippen molar-refractivity contribution in [3.63, 3.8) is 0 Å². The lowest BCUT2D eigenvalue weighted by Gasteiger charge is -2.11. The molecule has 18 heavy (non-hydrogen) atoms. The monoisotopic (exact) mass is 352 g/mol. The van der Waals surface area contributed by atoms with E-state index in [9.17, 15) is 9.00 Å². The molecule has 0 aliphatic heterocycles. The van der Waals surface area contributed by atoms with E-state index in [0.717, 1.165) is 10.0 Å². The van der Waals surface area contributed by atoms with Gasteiger partial charge in [-0.25, -0.2) is 0 Å². The van der Waals surface area contributed by atoms with Gasteiger partial charge in [-0.05, 0) is 17.7 Å². The molecular weight excluding hydrogens is 340 g/mol. The average Bonchev–Trinajstić information content (AvgIpc) is 2.32. The molecule has 0 radical (unpaired) electrons. The van der Waals surface area contributed by atoms with Crippen molar-refractivity contribution in [1.82, 2.24) is 0 Å². The Morgan fingerprint density at radius 1 is 1.56 bits per heavy atom. The van der Waals surface area contributed by atoms with E-state index < -0.39 is 10.8 Å². The molecule has 0 bridgehead atoms. The van der Waals surface area contributed by atoms with E-state index in [2.05, 4.69) is 20.7 Å². The number of hydrogen-bond donors (Lipinski definition) is 0. The van der Waals surface area contributed by atoms with Gasteiger partial charge in [-0.3, -0.25) is 9.00 Å². The van der Waals surface area contributed by atoms with Crippen molar-refractivity contribution in [1.29, 1.82) is 0 Å². The minimum absolute atomic E-state index is 0.150. The van der Waals surface area contributed by atoms with E-state index in [1.165, 1.54) is 7.11 Å². The molecule has 2 atom stereocenters. The van der Waals surface area contributed by atoms with Crippen molar-refractivity contribution in [2.24, 2.45) is 0 Å². The van der Waals surface area contributed by atoms with Gasteiger partial charge in [-0.1, -0.05) is 40.5 Å². The lowest BCUT2D eigenvalue weighted by molar-refractivity contribution is -0.140. The normalized spacial score (nSPS) is 14.0. The third kappa shape index (κ3) is 4.71. The number of carbonyl (C=O) groups is 1. The highest BCUT2D eigenvalue weighted by molar-refractivity contribution is 9.10. The molecule has 1 aromatic rings. The quantitative estimate of drug-likeness (QED) is 0.763. The van der Waals surface area contributed by atoms with Gasteiger partial charge in [0.1, 0.15) is 0 Å². The Morgan fingerprint density at radius 2 is 2.22 bits per heavy atom. The van der Waals surface area contributed by atoms with Gasteiger partial charge in [0.2, 0.25) is 0 Å². The van der Waals surface area contributed by atoms with Gasteiger partial charge in [0.25, 0.3) is 0 Å². The predicted molar refractivity (Wildman–Crippen MR) is 77.1 cm³/mol. The summed E-state index contributed by atoms with van der Waals surface area (Å²) >= 11 is 9.37. The lowest BCUT2D eigenvalue weighted by Crippen LogP contribution is -2.18. The van der Waals surface area contributed by atoms with E-state index in [4.69, 9.17) is 11.6 Å². The summed E-state index contributed by atoms with van der Waals surface area (Å²) in [7, 11) is 0.168. The first-order valence-corrected chi connectivity index (χ1v) is 7.87. The number of esters is 1. The van der Waals surface area contributed by atoms with Crippen LogP contribution < -0.4 is 0 Å². The molecule has 0 amide bonds. The Morgan fingerprint density at radius 3 is 2.78 bits per heavy atom. The van der Waals surface area contributed by atoms with Gasteiger partial charge >= 0.3 is 5.97 Å². The minimum Gasteiger partial charge on any atom is -0.469 e. The molecule has 0 saturated carbocycles. The average molecular weight is 354 g/mol. The van der Waals surface area contributed by atoms with Gasteiger partial charge < -0.3 is 4.74 Å². The summed E-state index contributed by atoms with van der Waals surface area (Å²) < 4.78 is 17.5.